The summed E-state index contributed by atoms with van der Waals surface area (Å²) < 4.78 is 62.7. The lowest BCUT2D eigenvalue weighted by atomic mass is 9.94. The molecule has 16 heteroatoms. The standard InChI is InChI=1S/C29H25ClF3N3O8S/c1-16(29(31,32)33)34-14-36(24-17-7-5-8-20(30)19(17)13-45-22-9-4-3-6-18(22)24)35-11-10-21(37)26(25(35)27(34)39)43-15-44-28(40)42-12-23(38)41-2/h3-11,16,24H,12-15H2,1-2H3/t16-,24+/m1/s1. The van der Waals surface area contributed by atoms with Gasteiger partial charge in [-0.15, -0.1) is 11.8 Å². The molecule has 3 heterocycles. The average molecular weight is 668 g/mol. The lowest BCUT2D eigenvalue weighted by Gasteiger charge is -2.46. The number of carbonyl (C=O) groups is 3. The second-order valence-corrected chi connectivity index (χ2v) is 11.3. The number of esters is 1. The third kappa shape index (κ3) is 6.40. The number of fused-ring (bicyclic) bond motifs is 3. The van der Waals surface area contributed by atoms with Gasteiger partial charge in [0.1, 0.15) is 12.7 Å². The fourth-order valence-corrected chi connectivity index (χ4v) is 6.45. The number of pyridine rings is 1. The number of methoxy groups -OCH3 is 1. The van der Waals surface area contributed by atoms with E-state index >= 15 is 0 Å². The molecule has 0 fully saturated rings. The van der Waals surface area contributed by atoms with Crippen molar-refractivity contribution in [2.75, 3.05) is 32.2 Å². The molecule has 0 bridgehead atoms. The first-order valence-electron chi connectivity index (χ1n) is 13.3. The highest BCUT2D eigenvalue weighted by molar-refractivity contribution is 7.98. The van der Waals surface area contributed by atoms with Crippen molar-refractivity contribution in [3.05, 3.63) is 92.4 Å². The van der Waals surface area contributed by atoms with Crippen LogP contribution in [0.15, 0.2) is 64.4 Å². The van der Waals surface area contributed by atoms with Gasteiger partial charge in [-0.25, -0.2) is 9.59 Å². The molecule has 2 atom stereocenters. The first kappa shape index (κ1) is 32.0. The highest BCUT2D eigenvalue weighted by Crippen LogP contribution is 2.45. The van der Waals surface area contributed by atoms with E-state index in [0.29, 0.717) is 21.2 Å². The minimum atomic E-state index is -4.81. The molecule has 0 radical (unpaired) electrons. The summed E-state index contributed by atoms with van der Waals surface area (Å²) in [5, 5.41) is 1.99. The predicted molar refractivity (Wildman–Crippen MR) is 155 cm³/mol. The van der Waals surface area contributed by atoms with E-state index in [4.69, 9.17) is 21.1 Å². The number of carbonyl (C=O) groups excluding carboxylic acids is 3. The van der Waals surface area contributed by atoms with E-state index in [1.165, 1.54) is 27.6 Å². The lowest BCUT2D eigenvalue weighted by molar-refractivity contribution is -0.173. The molecule has 3 aromatic rings. The molecule has 2 aliphatic rings. The van der Waals surface area contributed by atoms with Crippen LogP contribution in [0.5, 0.6) is 5.75 Å². The Labute approximate surface area is 263 Å². The van der Waals surface area contributed by atoms with Crippen molar-refractivity contribution in [3.8, 4) is 5.75 Å². The summed E-state index contributed by atoms with van der Waals surface area (Å²) >= 11 is 8.12. The van der Waals surface area contributed by atoms with Gasteiger partial charge in [-0.3, -0.25) is 19.3 Å². The fraction of sp³-hybridized carbons (Fsp3) is 0.310. The van der Waals surface area contributed by atoms with Crippen molar-refractivity contribution in [1.82, 2.24) is 9.58 Å². The van der Waals surface area contributed by atoms with Gasteiger partial charge in [0.25, 0.3) is 5.91 Å². The quantitative estimate of drug-likeness (QED) is 0.255. The van der Waals surface area contributed by atoms with Gasteiger partial charge in [-0.2, -0.15) is 13.2 Å². The Kier molecular flexibility index (Phi) is 9.20. The van der Waals surface area contributed by atoms with E-state index in [0.717, 1.165) is 36.1 Å². The van der Waals surface area contributed by atoms with Crippen molar-refractivity contribution in [3.63, 3.8) is 0 Å². The largest absolute Gasteiger partial charge is 0.511 e. The Bertz CT molecular complexity index is 1700. The van der Waals surface area contributed by atoms with E-state index in [1.807, 2.05) is 24.3 Å². The van der Waals surface area contributed by atoms with Gasteiger partial charge >= 0.3 is 18.3 Å². The molecular formula is C29H25ClF3N3O8S. The summed E-state index contributed by atoms with van der Waals surface area (Å²) in [7, 11) is 1.08. The Morgan fingerprint density at radius 2 is 1.80 bits per heavy atom. The predicted octanol–water partition coefficient (Wildman–Crippen LogP) is 4.86. The molecule has 0 N–H and O–H groups in total. The van der Waals surface area contributed by atoms with Crippen molar-refractivity contribution in [2.24, 2.45) is 0 Å². The zero-order valence-electron chi connectivity index (χ0n) is 23.7. The second kappa shape index (κ2) is 12.9. The van der Waals surface area contributed by atoms with E-state index in [2.05, 4.69) is 9.47 Å². The maximum Gasteiger partial charge on any atom is 0.511 e. The molecule has 0 unspecified atom stereocenters. The van der Waals surface area contributed by atoms with Gasteiger partial charge in [-0.1, -0.05) is 41.9 Å². The fourth-order valence-electron chi connectivity index (χ4n) is 4.98. The van der Waals surface area contributed by atoms with Crippen LogP contribution in [-0.2, 0) is 24.8 Å². The summed E-state index contributed by atoms with van der Waals surface area (Å²) in [6, 6.07) is 10.7. The molecule has 0 saturated heterocycles. The van der Waals surface area contributed by atoms with Gasteiger partial charge in [0.2, 0.25) is 18.0 Å². The maximum absolute atomic E-state index is 14.1. The number of amides is 1. The van der Waals surface area contributed by atoms with Gasteiger partial charge in [0, 0.05) is 27.9 Å². The van der Waals surface area contributed by atoms with Gasteiger partial charge in [0.15, 0.2) is 12.3 Å². The van der Waals surface area contributed by atoms with Crippen LogP contribution in [0.25, 0.3) is 0 Å². The van der Waals surface area contributed by atoms with Crippen LogP contribution < -0.4 is 15.2 Å². The van der Waals surface area contributed by atoms with Gasteiger partial charge in [-0.05, 0) is 35.7 Å². The number of nitrogens with zero attached hydrogens (tertiary/aromatic N) is 3. The summed E-state index contributed by atoms with van der Waals surface area (Å²) in [5.41, 5.74) is 0.812. The number of halogens is 4. The zero-order chi connectivity index (χ0) is 32.5. The number of rotatable bonds is 7. The van der Waals surface area contributed by atoms with Crippen LogP contribution in [-0.4, -0.2) is 67.0 Å². The molecule has 1 aromatic heterocycles. The Balaban J connectivity index is 1.62. The van der Waals surface area contributed by atoms with Crippen LogP contribution in [0.3, 0.4) is 0 Å². The second-order valence-electron chi connectivity index (χ2n) is 9.83. The van der Waals surface area contributed by atoms with Crippen molar-refractivity contribution in [1.29, 1.82) is 0 Å². The molecule has 238 valence electrons. The summed E-state index contributed by atoms with van der Waals surface area (Å²) in [6.07, 6.45) is -4.90. The molecule has 11 nitrogen and oxygen atoms in total. The number of hydrogen-bond acceptors (Lipinski definition) is 10. The number of thioether (sulfide) groups is 1. The molecule has 0 saturated carbocycles. The van der Waals surface area contributed by atoms with Crippen LogP contribution in [0.1, 0.15) is 40.1 Å². The topological polar surface area (TPSA) is 117 Å². The highest BCUT2D eigenvalue weighted by Gasteiger charge is 2.48. The number of ether oxygens (including phenoxy) is 4. The Hall–Kier alpha value is -4.37. The summed E-state index contributed by atoms with van der Waals surface area (Å²) in [6.45, 7) is -1.41. The number of aromatic nitrogens is 1. The molecule has 2 aromatic carbocycles. The van der Waals surface area contributed by atoms with Gasteiger partial charge < -0.3 is 23.8 Å². The number of alkyl halides is 3. The maximum atomic E-state index is 14.1. The molecule has 2 aliphatic heterocycles. The minimum absolute atomic E-state index is 0.465. The molecule has 0 spiro atoms. The van der Waals surface area contributed by atoms with Crippen molar-refractivity contribution >= 4 is 41.4 Å². The first-order valence-corrected chi connectivity index (χ1v) is 14.7. The molecule has 45 heavy (non-hydrogen) atoms. The normalized spacial score (nSPS) is 16.5. The highest BCUT2D eigenvalue weighted by atomic mass is 35.5. The Morgan fingerprint density at radius 1 is 1.07 bits per heavy atom. The van der Waals surface area contributed by atoms with Gasteiger partial charge in [0.05, 0.1) is 13.2 Å². The molecule has 1 amide bonds. The van der Waals surface area contributed by atoms with Crippen molar-refractivity contribution < 1.29 is 46.5 Å². The molecular weight excluding hydrogens is 643 g/mol. The number of hydrogen-bond donors (Lipinski definition) is 0. The molecule has 0 aliphatic carbocycles. The first-order chi connectivity index (χ1) is 21.4. The lowest BCUT2D eigenvalue weighted by Crippen LogP contribution is -2.60. The van der Waals surface area contributed by atoms with Crippen LogP contribution >= 0.6 is 23.4 Å². The molecule has 5 rings (SSSR count). The minimum Gasteiger partial charge on any atom is -0.466 e. The van der Waals surface area contributed by atoms with E-state index in [9.17, 15) is 32.3 Å². The van der Waals surface area contributed by atoms with E-state index in [1.54, 1.807) is 18.2 Å². The van der Waals surface area contributed by atoms with Crippen LogP contribution in [0.4, 0.5) is 18.0 Å². The third-order valence-electron chi connectivity index (χ3n) is 7.26. The summed E-state index contributed by atoms with van der Waals surface area (Å²) in [4.78, 5) is 51.3. The van der Waals surface area contributed by atoms with Crippen molar-refractivity contribution in [2.45, 2.75) is 35.8 Å². The summed E-state index contributed by atoms with van der Waals surface area (Å²) in [5.74, 6) is -2.18. The smallest absolute Gasteiger partial charge is 0.466 e. The van der Waals surface area contributed by atoms with E-state index < -0.39 is 73.2 Å². The van der Waals surface area contributed by atoms with Crippen LogP contribution in [0.2, 0.25) is 5.02 Å². The Morgan fingerprint density at radius 3 is 2.53 bits per heavy atom. The average Bonchev–Trinajstić information content (AvgIpc) is 3.18. The third-order valence-corrected chi connectivity index (χ3v) is 8.73. The van der Waals surface area contributed by atoms with Crippen LogP contribution in [0, 0.1) is 0 Å². The number of benzene rings is 2. The zero-order valence-corrected chi connectivity index (χ0v) is 25.3. The SMILES string of the molecule is COC(=O)COC(=O)OCOc1c2n(ccc1=O)N([C@@H]1c3ccccc3SCc3c(Cl)cccc31)CN([C@H](C)C(F)(F)F)C2=O. The monoisotopic (exact) mass is 667 g/mol. The van der Waals surface area contributed by atoms with E-state index in [-0.39, 0.29) is 0 Å².